The molecule has 0 amide bonds. The summed E-state index contributed by atoms with van der Waals surface area (Å²) in [6.45, 7) is 13.9. The van der Waals surface area contributed by atoms with Crippen LogP contribution in [0, 0.1) is 0 Å². The molecule has 3 heteroatoms. The number of anilines is 3. The summed E-state index contributed by atoms with van der Waals surface area (Å²) in [6, 6.07) is 0. The summed E-state index contributed by atoms with van der Waals surface area (Å²) in [7, 11) is 13.1. The summed E-state index contributed by atoms with van der Waals surface area (Å²) in [6.07, 6.45) is 0. The van der Waals surface area contributed by atoms with Gasteiger partial charge in [-0.15, -0.1) is 0 Å². The molecule has 0 radical (unpaired) electrons. The summed E-state index contributed by atoms with van der Waals surface area (Å²) >= 11 is 0. The second kappa shape index (κ2) is 7.67. The van der Waals surface area contributed by atoms with Crippen LogP contribution < -0.4 is 14.7 Å². The molecule has 0 spiro atoms. The van der Waals surface area contributed by atoms with Gasteiger partial charge in [-0.2, -0.15) is 0 Å². The molecule has 0 heterocycles. The topological polar surface area (TPSA) is 9.72 Å². The van der Waals surface area contributed by atoms with Crippen molar-refractivity contribution in [3.05, 3.63) is 16.7 Å². The number of hydrogen-bond acceptors (Lipinski definition) is 3. The Morgan fingerprint density at radius 2 is 0.583 bits per heavy atom. The van der Waals surface area contributed by atoms with Crippen LogP contribution in [0.25, 0.3) is 0 Å². The smallest absolute Gasteiger partial charge is 0.0473 e. The highest BCUT2D eigenvalue weighted by Crippen LogP contribution is 2.50. The highest BCUT2D eigenvalue weighted by molar-refractivity contribution is 5.86. The first-order valence-electron chi connectivity index (χ1n) is 9.18. The van der Waals surface area contributed by atoms with Crippen molar-refractivity contribution in [2.45, 2.75) is 59.3 Å². The van der Waals surface area contributed by atoms with Crippen LogP contribution in [0.15, 0.2) is 0 Å². The fourth-order valence-corrected chi connectivity index (χ4v) is 3.86. The van der Waals surface area contributed by atoms with Crippen LogP contribution in [0.1, 0.15) is 76.0 Å². The first kappa shape index (κ1) is 20.7. The first-order chi connectivity index (χ1) is 10.9. The Kier molecular flexibility index (Phi) is 6.60. The second-order valence-electron chi connectivity index (χ2n) is 8.43. The summed E-state index contributed by atoms with van der Waals surface area (Å²) in [5.74, 6) is 1.43. The van der Waals surface area contributed by atoms with Crippen molar-refractivity contribution >= 4 is 17.1 Å². The maximum Gasteiger partial charge on any atom is 0.0473 e. The van der Waals surface area contributed by atoms with Crippen molar-refractivity contribution < 1.29 is 0 Å². The molecule has 1 aromatic rings. The molecule has 1 aromatic carbocycles. The predicted molar refractivity (Wildman–Crippen MR) is 112 cm³/mol. The molecular weight excluding hydrogens is 294 g/mol. The number of hydrogen-bond donors (Lipinski definition) is 0. The number of nitrogens with zero attached hydrogens (tertiary/aromatic N) is 3. The van der Waals surface area contributed by atoms with Gasteiger partial charge in [0.2, 0.25) is 0 Å². The molecule has 138 valence electrons. The molecule has 0 saturated heterocycles. The van der Waals surface area contributed by atoms with E-state index in [1.54, 1.807) is 0 Å². The molecule has 0 saturated carbocycles. The van der Waals surface area contributed by atoms with E-state index in [-0.39, 0.29) is 0 Å². The van der Waals surface area contributed by atoms with Crippen molar-refractivity contribution in [2.24, 2.45) is 0 Å². The van der Waals surface area contributed by atoms with E-state index in [9.17, 15) is 0 Å². The van der Waals surface area contributed by atoms with Gasteiger partial charge < -0.3 is 14.7 Å². The third-order valence-electron chi connectivity index (χ3n) is 4.60. The lowest BCUT2D eigenvalue weighted by atomic mass is 9.82. The fourth-order valence-electron chi connectivity index (χ4n) is 3.86. The number of rotatable bonds is 6. The molecule has 0 aliphatic carbocycles. The zero-order valence-corrected chi connectivity index (χ0v) is 18.1. The molecule has 0 aliphatic rings. The van der Waals surface area contributed by atoms with E-state index in [2.05, 4.69) is 98.5 Å². The Balaban J connectivity index is 4.24. The van der Waals surface area contributed by atoms with Gasteiger partial charge in [-0.25, -0.2) is 0 Å². The molecule has 3 nitrogen and oxygen atoms in total. The third-order valence-corrected chi connectivity index (χ3v) is 4.60. The van der Waals surface area contributed by atoms with Crippen molar-refractivity contribution in [3.8, 4) is 0 Å². The third kappa shape index (κ3) is 3.65. The van der Waals surface area contributed by atoms with E-state index in [1.807, 2.05) is 0 Å². The molecule has 0 aromatic heterocycles. The second-order valence-corrected chi connectivity index (χ2v) is 8.43. The van der Waals surface area contributed by atoms with Crippen molar-refractivity contribution in [2.75, 3.05) is 57.0 Å². The SMILES string of the molecule is CC(C)c1c(N(C)C)c(C(C)C)c(N(C)C)c(C(C)C)c1N(C)C. The molecule has 1 rings (SSSR count). The van der Waals surface area contributed by atoms with E-state index in [0.29, 0.717) is 17.8 Å². The molecule has 0 bridgehead atoms. The average molecular weight is 334 g/mol. The van der Waals surface area contributed by atoms with Gasteiger partial charge in [0, 0.05) is 76.0 Å². The quantitative estimate of drug-likeness (QED) is 0.703. The Bertz CT molecular complexity index is 415. The summed E-state index contributed by atoms with van der Waals surface area (Å²) in [4.78, 5) is 6.94. The van der Waals surface area contributed by atoms with Crippen LogP contribution in [0.3, 0.4) is 0 Å². The first-order valence-corrected chi connectivity index (χ1v) is 9.18. The fraction of sp³-hybridized carbons (Fsp3) is 0.714. The minimum atomic E-state index is 0.478. The minimum Gasteiger partial charge on any atom is -0.377 e. The highest BCUT2D eigenvalue weighted by atomic mass is 15.1. The zero-order valence-electron chi connectivity index (χ0n) is 18.1. The van der Waals surface area contributed by atoms with Gasteiger partial charge in [0.15, 0.2) is 0 Å². The summed E-state index contributed by atoms with van der Waals surface area (Å²) in [5.41, 5.74) is 8.62. The van der Waals surface area contributed by atoms with E-state index in [4.69, 9.17) is 0 Å². The number of benzene rings is 1. The Labute approximate surface area is 150 Å². The van der Waals surface area contributed by atoms with Gasteiger partial charge in [-0.3, -0.25) is 0 Å². The Morgan fingerprint density at radius 3 is 0.667 bits per heavy atom. The maximum absolute atomic E-state index is 2.32. The molecule has 0 unspecified atom stereocenters. The zero-order chi connectivity index (χ0) is 18.9. The lowest BCUT2D eigenvalue weighted by molar-refractivity contribution is 0.784. The van der Waals surface area contributed by atoms with E-state index in [1.165, 1.54) is 33.8 Å². The van der Waals surface area contributed by atoms with Gasteiger partial charge in [-0.05, 0) is 17.8 Å². The van der Waals surface area contributed by atoms with Gasteiger partial charge in [0.1, 0.15) is 0 Å². The highest BCUT2D eigenvalue weighted by Gasteiger charge is 2.30. The Morgan fingerprint density at radius 1 is 0.417 bits per heavy atom. The minimum absolute atomic E-state index is 0.478. The standard InChI is InChI=1S/C21H39N3/c1-13(2)16-19(22(7)8)17(14(3)4)21(24(11)12)18(15(5)6)20(16)23(9)10/h13-15H,1-12H3. The van der Waals surface area contributed by atoms with Crippen LogP contribution in [-0.2, 0) is 0 Å². The van der Waals surface area contributed by atoms with E-state index in [0.717, 1.165) is 0 Å². The van der Waals surface area contributed by atoms with Gasteiger partial charge >= 0.3 is 0 Å². The van der Waals surface area contributed by atoms with Crippen LogP contribution in [0.5, 0.6) is 0 Å². The predicted octanol–water partition coefficient (Wildman–Crippen LogP) is 5.25. The van der Waals surface area contributed by atoms with Gasteiger partial charge in [0.25, 0.3) is 0 Å². The molecule has 0 fully saturated rings. The molecule has 0 aliphatic heterocycles. The van der Waals surface area contributed by atoms with Crippen molar-refractivity contribution in [1.29, 1.82) is 0 Å². The van der Waals surface area contributed by atoms with Crippen LogP contribution in [-0.4, -0.2) is 42.3 Å². The van der Waals surface area contributed by atoms with E-state index >= 15 is 0 Å². The van der Waals surface area contributed by atoms with Crippen molar-refractivity contribution in [1.82, 2.24) is 0 Å². The largest absolute Gasteiger partial charge is 0.377 e. The summed E-state index contributed by atoms with van der Waals surface area (Å²) < 4.78 is 0. The van der Waals surface area contributed by atoms with Crippen LogP contribution in [0.2, 0.25) is 0 Å². The van der Waals surface area contributed by atoms with Crippen LogP contribution in [0.4, 0.5) is 17.1 Å². The monoisotopic (exact) mass is 333 g/mol. The van der Waals surface area contributed by atoms with Gasteiger partial charge in [-0.1, -0.05) is 41.5 Å². The molecule has 0 atom stereocenters. The maximum atomic E-state index is 2.32. The summed E-state index contributed by atoms with van der Waals surface area (Å²) in [5, 5.41) is 0. The van der Waals surface area contributed by atoms with Gasteiger partial charge in [0.05, 0.1) is 0 Å². The normalized spacial score (nSPS) is 11.6. The molecular formula is C21H39N3. The Hall–Kier alpha value is -1.38. The molecule has 24 heavy (non-hydrogen) atoms. The van der Waals surface area contributed by atoms with E-state index < -0.39 is 0 Å². The lowest BCUT2D eigenvalue weighted by Gasteiger charge is -2.37. The lowest BCUT2D eigenvalue weighted by Crippen LogP contribution is -2.26. The van der Waals surface area contributed by atoms with Crippen molar-refractivity contribution in [3.63, 3.8) is 0 Å². The average Bonchev–Trinajstić information content (AvgIpc) is 2.42. The molecule has 0 N–H and O–H groups in total. The van der Waals surface area contributed by atoms with Crippen LogP contribution >= 0.6 is 0 Å².